The zero-order chi connectivity index (χ0) is 19.8. The number of carbonyl (C=O) groups is 2. The summed E-state index contributed by atoms with van der Waals surface area (Å²) in [6.07, 6.45) is -0.0304. The fourth-order valence-electron chi connectivity index (χ4n) is 2.20. The number of hydrazone groups is 1. The molecule has 2 N–H and O–H groups in total. The minimum atomic E-state index is -0.479. The molecule has 0 aliphatic heterocycles. The zero-order valence-electron chi connectivity index (χ0n) is 15.2. The van der Waals surface area contributed by atoms with Crippen LogP contribution in [0.15, 0.2) is 47.6 Å². The highest BCUT2D eigenvalue weighted by Gasteiger charge is 2.13. The molecular weight excluding hydrogens is 353 g/mol. The largest absolute Gasteiger partial charge is 0.497 e. The molecule has 0 aliphatic rings. The molecule has 2 aromatic rings. The maximum atomic E-state index is 12.9. The van der Waals surface area contributed by atoms with Gasteiger partial charge in [0.2, 0.25) is 5.91 Å². The normalized spacial score (nSPS) is 10.9. The number of carbonyl (C=O) groups excluding carboxylic acids is 2. The zero-order valence-corrected chi connectivity index (χ0v) is 15.2. The van der Waals surface area contributed by atoms with Crippen LogP contribution in [0.1, 0.15) is 23.7 Å². The summed E-state index contributed by atoms with van der Waals surface area (Å²) in [7, 11) is 2.96. The summed E-state index contributed by atoms with van der Waals surface area (Å²) in [6.45, 7) is 1.61. The van der Waals surface area contributed by atoms with Crippen LogP contribution in [-0.2, 0) is 4.79 Å². The number of anilines is 1. The van der Waals surface area contributed by atoms with Crippen LogP contribution in [0.4, 0.5) is 10.1 Å². The van der Waals surface area contributed by atoms with Crippen LogP contribution in [0.25, 0.3) is 0 Å². The number of amides is 2. The highest BCUT2D eigenvalue weighted by Crippen LogP contribution is 2.24. The van der Waals surface area contributed by atoms with Gasteiger partial charge in [-0.05, 0) is 43.3 Å². The Labute approximate surface area is 156 Å². The van der Waals surface area contributed by atoms with E-state index in [0.29, 0.717) is 22.9 Å². The summed E-state index contributed by atoms with van der Waals surface area (Å²) in [6, 6.07) is 10.2. The summed E-state index contributed by atoms with van der Waals surface area (Å²) in [5.74, 6) is -0.302. The average Bonchev–Trinajstić information content (AvgIpc) is 2.67. The number of nitrogens with zero attached hydrogens (tertiary/aromatic N) is 1. The van der Waals surface area contributed by atoms with Gasteiger partial charge in [-0.3, -0.25) is 9.59 Å². The molecule has 8 heteroatoms. The Hall–Kier alpha value is -3.42. The van der Waals surface area contributed by atoms with Crippen LogP contribution < -0.4 is 20.2 Å². The molecule has 0 unspecified atom stereocenters. The van der Waals surface area contributed by atoms with Gasteiger partial charge in [-0.25, -0.2) is 9.82 Å². The molecule has 0 atom stereocenters. The van der Waals surface area contributed by atoms with E-state index in [4.69, 9.17) is 9.47 Å². The number of methoxy groups -OCH3 is 2. The molecule has 27 heavy (non-hydrogen) atoms. The highest BCUT2D eigenvalue weighted by atomic mass is 19.1. The molecule has 0 aromatic heterocycles. The second-order valence-corrected chi connectivity index (χ2v) is 5.59. The number of rotatable bonds is 7. The Balaban J connectivity index is 1.95. The second kappa shape index (κ2) is 9.33. The van der Waals surface area contributed by atoms with E-state index in [1.165, 1.54) is 38.5 Å². The van der Waals surface area contributed by atoms with E-state index in [-0.39, 0.29) is 23.7 Å². The first kappa shape index (κ1) is 19.9. The van der Waals surface area contributed by atoms with E-state index in [2.05, 4.69) is 15.8 Å². The standard InChI is InChI=1S/C19H20FN3O4/c1-12(10-18(24)21-14-6-4-13(20)5-7-14)22-23-19(25)16-9-8-15(26-2)11-17(16)27-3/h4-9,11H,10H2,1-3H3,(H,21,24)(H,23,25)/b22-12+. The third kappa shape index (κ3) is 5.81. The molecule has 0 bridgehead atoms. The van der Waals surface area contributed by atoms with E-state index in [1.54, 1.807) is 25.1 Å². The molecular formula is C19H20FN3O4. The van der Waals surface area contributed by atoms with Gasteiger partial charge in [-0.2, -0.15) is 5.10 Å². The lowest BCUT2D eigenvalue weighted by molar-refractivity contribution is -0.115. The van der Waals surface area contributed by atoms with Gasteiger partial charge in [0.15, 0.2) is 0 Å². The predicted molar refractivity (Wildman–Crippen MR) is 99.8 cm³/mol. The van der Waals surface area contributed by atoms with E-state index in [1.807, 2.05) is 0 Å². The van der Waals surface area contributed by atoms with Gasteiger partial charge in [0.25, 0.3) is 5.91 Å². The van der Waals surface area contributed by atoms with Gasteiger partial charge in [0.05, 0.1) is 26.2 Å². The molecule has 0 radical (unpaired) electrons. The van der Waals surface area contributed by atoms with E-state index in [0.717, 1.165) is 0 Å². The Morgan fingerprint density at radius 2 is 1.78 bits per heavy atom. The molecule has 7 nitrogen and oxygen atoms in total. The van der Waals surface area contributed by atoms with Gasteiger partial charge in [-0.15, -0.1) is 0 Å². The Morgan fingerprint density at radius 1 is 1.07 bits per heavy atom. The quantitative estimate of drug-likeness (QED) is 0.577. The van der Waals surface area contributed by atoms with Gasteiger partial charge >= 0.3 is 0 Å². The summed E-state index contributed by atoms with van der Waals surface area (Å²) in [5, 5.41) is 6.54. The monoisotopic (exact) mass is 373 g/mol. The molecule has 2 rings (SSSR count). The molecule has 0 spiro atoms. The van der Waals surface area contributed by atoms with Crippen molar-refractivity contribution in [1.82, 2.24) is 5.43 Å². The molecule has 142 valence electrons. The van der Waals surface area contributed by atoms with Crippen LogP contribution in [0, 0.1) is 5.82 Å². The molecule has 2 amide bonds. The van der Waals surface area contributed by atoms with E-state index >= 15 is 0 Å². The first-order chi connectivity index (χ1) is 12.9. The van der Waals surface area contributed by atoms with E-state index < -0.39 is 5.91 Å². The fourth-order valence-corrected chi connectivity index (χ4v) is 2.20. The van der Waals surface area contributed by atoms with Crippen LogP contribution in [-0.4, -0.2) is 31.7 Å². The third-order valence-electron chi connectivity index (χ3n) is 3.55. The highest BCUT2D eigenvalue weighted by molar-refractivity contribution is 6.06. The van der Waals surface area contributed by atoms with E-state index in [9.17, 15) is 14.0 Å². The van der Waals surface area contributed by atoms with Gasteiger partial charge in [0, 0.05) is 17.5 Å². The van der Waals surface area contributed by atoms with Crippen molar-refractivity contribution in [2.45, 2.75) is 13.3 Å². The lowest BCUT2D eigenvalue weighted by Crippen LogP contribution is -2.22. The van der Waals surface area contributed by atoms with Crippen LogP contribution >= 0.6 is 0 Å². The number of hydrogen-bond acceptors (Lipinski definition) is 5. The number of ether oxygens (including phenoxy) is 2. The number of hydrogen-bond donors (Lipinski definition) is 2. The molecule has 0 fully saturated rings. The first-order valence-corrected chi connectivity index (χ1v) is 8.04. The molecule has 0 saturated heterocycles. The smallest absolute Gasteiger partial charge is 0.275 e. The minimum Gasteiger partial charge on any atom is -0.497 e. The van der Waals surface area contributed by atoms with Crippen molar-refractivity contribution in [2.24, 2.45) is 5.10 Å². The molecule has 0 heterocycles. The lowest BCUT2D eigenvalue weighted by atomic mass is 10.2. The van der Waals surface area contributed by atoms with Crippen LogP contribution in [0.3, 0.4) is 0 Å². The fraction of sp³-hybridized carbons (Fsp3) is 0.211. The Kier molecular flexibility index (Phi) is 6.87. The predicted octanol–water partition coefficient (Wildman–Crippen LogP) is 2.98. The first-order valence-electron chi connectivity index (χ1n) is 8.04. The van der Waals surface area contributed by atoms with Crippen molar-refractivity contribution in [2.75, 3.05) is 19.5 Å². The Morgan fingerprint density at radius 3 is 2.41 bits per heavy atom. The van der Waals surface area contributed by atoms with Crippen molar-refractivity contribution in [3.05, 3.63) is 53.8 Å². The van der Waals surface area contributed by atoms with Gasteiger partial charge < -0.3 is 14.8 Å². The summed E-state index contributed by atoms with van der Waals surface area (Å²) >= 11 is 0. The molecule has 0 saturated carbocycles. The topological polar surface area (TPSA) is 89.0 Å². The van der Waals surface area contributed by atoms with Crippen molar-refractivity contribution in [3.63, 3.8) is 0 Å². The third-order valence-corrected chi connectivity index (χ3v) is 3.55. The molecule has 2 aromatic carbocycles. The Bertz CT molecular complexity index is 851. The maximum Gasteiger partial charge on any atom is 0.275 e. The second-order valence-electron chi connectivity index (χ2n) is 5.59. The van der Waals surface area contributed by atoms with Crippen molar-refractivity contribution < 1.29 is 23.5 Å². The van der Waals surface area contributed by atoms with Gasteiger partial charge in [-0.1, -0.05) is 0 Å². The summed E-state index contributed by atoms with van der Waals surface area (Å²) in [5.41, 5.74) is 3.54. The number of halogens is 1. The molecule has 0 aliphatic carbocycles. The SMILES string of the molecule is COc1ccc(C(=O)N/N=C(\C)CC(=O)Nc2ccc(F)cc2)c(OC)c1. The number of nitrogens with one attached hydrogen (secondary N) is 2. The maximum absolute atomic E-state index is 12.9. The summed E-state index contributed by atoms with van der Waals surface area (Å²) < 4.78 is 23.1. The van der Waals surface area contributed by atoms with Crippen molar-refractivity contribution >= 4 is 23.2 Å². The van der Waals surface area contributed by atoms with Crippen molar-refractivity contribution in [1.29, 1.82) is 0 Å². The minimum absolute atomic E-state index is 0.0304. The van der Waals surface area contributed by atoms with Gasteiger partial charge in [0.1, 0.15) is 17.3 Å². The number of benzene rings is 2. The van der Waals surface area contributed by atoms with Crippen LogP contribution in [0.5, 0.6) is 11.5 Å². The lowest BCUT2D eigenvalue weighted by Gasteiger charge is -2.09. The average molecular weight is 373 g/mol. The van der Waals surface area contributed by atoms with Crippen molar-refractivity contribution in [3.8, 4) is 11.5 Å². The van der Waals surface area contributed by atoms with Crippen LogP contribution in [0.2, 0.25) is 0 Å². The summed E-state index contributed by atoms with van der Waals surface area (Å²) in [4.78, 5) is 24.2.